The standard InChI is InChI=1S/C50H84N4O35/c1-12-27(65)35(73)36(74)48(77-12)89-43-42(88-45-23(51-13(2)61)32(70)28(66)17(6-55)79-45)31(69)20(9-58)81-50(43)85-39-22(11-60)83-47(25(34(39)72)53-15(4)63)87-41-30(68)19(8-57)80-49(37(41)75)84-38-21(10-59)82-46(24(33(38)71)52-14(3)62)86-40-26(54-16(5)64)44(76)78-18(7-56)29(40)67/h12,17-50,55-60,65-76H,6-11H2,1-5H3,(H,51,61)(H,52,62)(H,53,63)(H,54,64)/t12-,17+,18+,19+,20+,21+,22+,23+,24+,25+,26+,27+,28-,29-,30-,31-,32+,33+,34+,35+,36-,37+,38+,39+,40+,41-,42-,43+,44-,45+,46-,47-,48-,49-,50-/m0/s1. The van der Waals surface area contributed by atoms with E-state index in [1.54, 1.807) is 0 Å². The Morgan fingerprint density at radius 1 is 0.292 bits per heavy atom. The summed E-state index contributed by atoms with van der Waals surface area (Å²) in [4.78, 5) is 50.1. The number of rotatable bonds is 22. The van der Waals surface area contributed by atoms with E-state index < -0.39 is 278 Å². The number of aliphatic hydroxyl groups excluding tert-OH is 18. The molecule has 4 amide bonds. The van der Waals surface area contributed by atoms with Crippen molar-refractivity contribution in [3.05, 3.63) is 0 Å². The molecule has 7 fully saturated rings. The monoisotopic (exact) mass is 1300 g/mol. The Morgan fingerprint density at radius 2 is 0.618 bits per heavy atom. The van der Waals surface area contributed by atoms with E-state index >= 15 is 0 Å². The SMILES string of the molecule is CC(=O)N[C@@H]1[C@@H](O[C@@H]2O[C@H](CO)[C@@H](O[C@@H]3O[C@H](CO)[C@H](O)[C@H](O[C@@H]4O[C@H](CO)[C@@H](O[C@@H]5O[C@H](CO)[C@H](O)[C@H](O[C@H]6O[C@H](CO)[C@H](O)[C@H](O)[C@H]6NC(C)=O)[C@H]5O[C@@H]5O[C@@H](C)[C@@H](O)[C@@H](O)[C@@H]5O)[C@H](O)[C@H]4NC(C)=O)[C@H]3O)[C@H](O)[C@H]2NC(C)=O)[C@@H](O)[C@@H](CO)O[C@@H]1O. The van der Waals surface area contributed by atoms with Crippen LogP contribution in [0.1, 0.15) is 34.6 Å². The van der Waals surface area contributed by atoms with Gasteiger partial charge in [-0.1, -0.05) is 0 Å². The highest BCUT2D eigenvalue weighted by atomic mass is 16.8. The zero-order chi connectivity index (χ0) is 65.8. The number of carbonyl (C=O) groups excluding carboxylic acids is 4. The molecule has 0 radical (unpaired) electrons. The molecule has 514 valence electrons. The van der Waals surface area contributed by atoms with E-state index in [0.717, 1.165) is 27.7 Å². The molecule has 0 spiro atoms. The highest BCUT2D eigenvalue weighted by Crippen LogP contribution is 2.39. The molecule has 7 saturated heterocycles. The molecule has 7 heterocycles. The Kier molecular flexibility index (Phi) is 26.0. The zero-order valence-electron chi connectivity index (χ0n) is 48.4. The number of ether oxygens (including phenoxy) is 13. The van der Waals surface area contributed by atoms with E-state index in [9.17, 15) is 111 Å². The van der Waals surface area contributed by atoms with Gasteiger partial charge < -0.3 is 175 Å². The fourth-order valence-electron chi connectivity index (χ4n) is 11.5. The van der Waals surface area contributed by atoms with Crippen LogP contribution in [-0.2, 0) is 80.8 Å². The molecule has 0 aromatic rings. The summed E-state index contributed by atoms with van der Waals surface area (Å²) in [6, 6.07) is -6.93. The molecule has 39 nitrogen and oxygen atoms in total. The molecule has 0 aromatic carbocycles. The smallest absolute Gasteiger partial charge is 0.217 e. The van der Waals surface area contributed by atoms with Gasteiger partial charge in [0.2, 0.25) is 23.6 Å². The van der Waals surface area contributed by atoms with Crippen LogP contribution in [0.3, 0.4) is 0 Å². The topological polar surface area (TPSA) is 601 Å². The summed E-state index contributed by atoms with van der Waals surface area (Å²) in [6.45, 7) is -0.843. The Labute approximate surface area is 505 Å². The number of hydrogen-bond donors (Lipinski definition) is 22. The molecule has 0 bridgehead atoms. The first kappa shape index (κ1) is 73.1. The number of hydrogen-bond acceptors (Lipinski definition) is 35. The fraction of sp³-hybridized carbons (Fsp3) is 0.920. The Balaban J connectivity index is 1.17. The quantitative estimate of drug-likeness (QED) is 0.0479. The van der Waals surface area contributed by atoms with E-state index in [4.69, 9.17) is 61.6 Å². The van der Waals surface area contributed by atoms with E-state index in [2.05, 4.69) is 21.3 Å². The minimum atomic E-state index is -2.29. The molecule has 22 N–H and O–H groups in total. The van der Waals surface area contributed by atoms with Crippen molar-refractivity contribution in [2.24, 2.45) is 0 Å². The molecule has 35 atom stereocenters. The minimum Gasteiger partial charge on any atom is -0.394 e. The number of carbonyl (C=O) groups is 4. The van der Waals surface area contributed by atoms with Gasteiger partial charge in [-0.25, -0.2) is 0 Å². The highest BCUT2D eigenvalue weighted by Gasteiger charge is 2.60. The molecule has 7 rings (SSSR count). The van der Waals surface area contributed by atoms with Gasteiger partial charge in [-0.15, -0.1) is 0 Å². The van der Waals surface area contributed by atoms with Gasteiger partial charge in [-0.05, 0) is 6.92 Å². The van der Waals surface area contributed by atoms with E-state index in [-0.39, 0.29) is 0 Å². The van der Waals surface area contributed by atoms with Crippen LogP contribution in [0.2, 0.25) is 0 Å². The third-order valence-corrected chi connectivity index (χ3v) is 16.1. The second-order valence-corrected chi connectivity index (χ2v) is 22.5. The summed E-state index contributed by atoms with van der Waals surface area (Å²) >= 11 is 0. The van der Waals surface area contributed by atoms with Crippen LogP contribution in [0.5, 0.6) is 0 Å². The summed E-state index contributed by atoms with van der Waals surface area (Å²) in [5.74, 6) is -3.31. The average Bonchev–Trinajstić information content (AvgIpc) is 1.22. The normalized spacial score (nSPS) is 48.0. The van der Waals surface area contributed by atoms with Gasteiger partial charge >= 0.3 is 0 Å². The lowest BCUT2D eigenvalue weighted by Gasteiger charge is -2.52. The second kappa shape index (κ2) is 31.7. The third kappa shape index (κ3) is 16.2. The van der Waals surface area contributed by atoms with Crippen LogP contribution in [0.15, 0.2) is 0 Å². The van der Waals surface area contributed by atoms with Crippen LogP contribution in [0, 0.1) is 0 Å². The Hall–Kier alpha value is -3.36. The first-order valence-electron chi connectivity index (χ1n) is 28.5. The van der Waals surface area contributed by atoms with Crippen molar-refractivity contribution in [3.8, 4) is 0 Å². The van der Waals surface area contributed by atoms with E-state index in [0.29, 0.717) is 0 Å². The largest absolute Gasteiger partial charge is 0.394 e. The van der Waals surface area contributed by atoms with Gasteiger partial charge in [0.1, 0.15) is 165 Å². The lowest BCUT2D eigenvalue weighted by atomic mass is 9.93. The number of nitrogens with one attached hydrogen (secondary N) is 4. The molecule has 0 aliphatic carbocycles. The molecule has 7 aliphatic rings. The maximum Gasteiger partial charge on any atom is 0.217 e. The molecule has 39 heteroatoms. The maximum absolute atomic E-state index is 13.0. The minimum absolute atomic E-state index is 0.744. The number of aliphatic hydroxyl groups is 18. The van der Waals surface area contributed by atoms with Crippen molar-refractivity contribution in [2.45, 2.75) is 249 Å². The molecule has 0 aromatic heterocycles. The van der Waals surface area contributed by atoms with Crippen LogP contribution >= 0.6 is 0 Å². The summed E-state index contributed by atoms with van der Waals surface area (Å²) < 4.78 is 76.9. The van der Waals surface area contributed by atoms with Crippen molar-refractivity contribution < 1.29 is 173 Å². The predicted molar refractivity (Wildman–Crippen MR) is 277 cm³/mol. The van der Waals surface area contributed by atoms with Crippen molar-refractivity contribution in [3.63, 3.8) is 0 Å². The van der Waals surface area contributed by atoms with Crippen molar-refractivity contribution in [1.82, 2.24) is 21.3 Å². The van der Waals surface area contributed by atoms with Crippen molar-refractivity contribution >= 4 is 23.6 Å². The lowest BCUT2D eigenvalue weighted by molar-refractivity contribution is -0.402. The first-order valence-corrected chi connectivity index (χ1v) is 28.5. The van der Waals surface area contributed by atoms with Gasteiger partial charge in [0.15, 0.2) is 44.0 Å². The van der Waals surface area contributed by atoms with Crippen LogP contribution in [0.4, 0.5) is 0 Å². The lowest BCUT2D eigenvalue weighted by Crippen LogP contribution is -2.71. The molecular formula is C50H84N4O35. The molecule has 0 saturated carbocycles. The van der Waals surface area contributed by atoms with Crippen molar-refractivity contribution in [1.29, 1.82) is 0 Å². The Bertz CT molecular complexity index is 2290. The summed E-state index contributed by atoms with van der Waals surface area (Å²) in [6.07, 6.45) is -59.8. The Morgan fingerprint density at radius 3 is 1.09 bits per heavy atom. The van der Waals surface area contributed by atoms with Crippen molar-refractivity contribution in [2.75, 3.05) is 39.6 Å². The molecule has 89 heavy (non-hydrogen) atoms. The highest BCUT2D eigenvalue weighted by molar-refractivity contribution is 5.74. The molecular weight excluding hydrogens is 1220 g/mol. The second-order valence-electron chi connectivity index (χ2n) is 22.5. The number of amides is 4. The van der Waals surface area contributed by atoms with Gasteiger partial charge in [0.05, 0.1) is 45.7 Å². The summed E-state index contributed by atoms with van der Waals surface area (Å²) in [5, 5.41) is 208. The maximum atomic E-state index is 13.0. The molecule has 7 aliphatic heterocycles. The fourth-order valence-corrected chi connectivity index (χ4v) is 11.5. The summed E-state index contributed by atoms with van der Waals surface area (Å²) in [7, 11) is 0. The predicted octanol–water partition coefficient (Wildman–Crippen LogP) is -14.7. The summed E-state index contributed by atoms with van der Waals surface area (Å²) in [5.41, 5.74) is 0. The third-order valence-electron chi connectivity index (χ3n) is 16.1. The van der Waals surface area contributed by atoms with E-state index in [1.165, 1.54) is 6.92 Å². The van der Waals surface area contributed by atoms with Gasteiger partial charge in [0.25, 0.3) is 0 Å². The van der Waals surface area contributed by atoms with Crippen LogP contribution in [-0.4, -0.2) is 370 Å². The zero-order valence-corrected chi connectivity index (χ0v) is 48.4. The van der Waals surface area contributed by atoms with Crippen LogP contribution < -0.4 is 21.3 Å². The average molecular weight is 1300 g/mol. The van der Waals surface area contributed by atoms with Gasteiger partial charge in [-0.2, -0.15) is 0 Å². The van der Waals surface area contributed by atoms with Gasteiger partial charge in [0, 0.05) is 27.7 Å². The molecule has 0 unspecified atom stereocenters. The van der Waals surface area contributed by atoms with Crippen LogP contribution in [0.25, 0.3) is 0 Å². The first-order chi connectivity index (χ1) is 42.0. The van der Waals surface area contributed by atoms with Gasteiger partial charge in [-0.3, -0.25) is 19.2 Å². The van der Waals surface area contributed by atoms with E-state index in [1.807, 2.05) is 0 Å².